The lowest BCUT2D eigenvalue weighted by Gasteiger charge is -2.07. The van der Waals surface area contributed by atoms with Crippen molar-refractivity contribution in [2.45, 2.75) is 0 Å². The Morgan fingerprint density at radius 1 is 1.43 bits per heavy atom. The highest BCUT2D eigenvalue weighted by molar-refractivity contribution is 9.10. The van der Waals surface area contributed by atoms with E-state index >= 15 is 0 Å². The van der Waals surface area contributed by atoms with E-state index in [1.807, 2.05) is 0 Å². The third-order valence-electron chi connectivity index (χ3n) is 1.49. The van der Waals surface area contributed by atoms with Gasteiger partial charge < -0.3 is 11.1 Å². The van der Waals surface area contributed by atoms with Crippen LogP contribution in [-0.4, -0.2) is 12.5 Å². The minimum absolute atomic E-state index is 0.0932. The number of rotatable bonds is 2. The summed E-state index contributed by atoms with van der Waals surface area (Å²) in [5.41, 5.74) is 5.59. The van der Waals surface area contributed by atoms with Crippen LogP contribution in [0.25, 0.3) is 0 Å². The molecular formula is C8H7BrCl2N2O. The summed E-state index contributed by atoms with van der Waals surface area (Å²) in [6, 6.07) is 3.34. The zero-order valence-electron chi connectivity index (χ0n) is 6.98. The Labute approximate surface area is 99.7 Å². The van der Waals surface area contributed by atoms with E-state index < -0.39 is 0 Å². The van der Waals surface area contributed by atoms with E-state index in [0.717, 1.165) is 0 Å². The summed E-state index contributed by atoms with van der Waals surface area (Å²) < 4.78 is 0.676. The second-order valence-electron chi connectivity index (χ2n) is 2.48. The van der Waals surface area contributed by atoms with Crippen molar-refractivity contribution in [1.82, 2.24) is 0 Å². The summed E-state index contributed by atoms with van der Waals surface area (Å²) >= 11 is 14.9. The van der Waals surface area contributed by atoms with Crippen molar-refractivity contribution in [3.63, 3.8) is 0 Å². The van der Waals surface area contributed by atoms with E-state index in [1.165, 1.54) is 0 Å². The third-order valence-corrected chi connectivity index (χ3v) is 3.27. The molecule has 1 rings (SSSR count). The van der Waals surface area contributed by atoms with E-state index in [9.17, 15) is 4.79 Å². The molecule has 0 fully saturated rings. The Hall–Kier alpha value is -0.290. The van der Waals surface area contributed by atoms with Crippen LogP contribution in [0.3, 0.4) is 0 Å². The van der Waals surface area contributed by atoms with E-state index in [4.69, 9.17) is 28.9 Å². The average molecular weight is 298 g/mol. The van der Waals surface area contributed by atoms with Crippen LogP contribution in [-0.2, 0) is 4.79 Å². The standard InChI is InChI=1S/C8H7BrCl2N2O/c9-4-1-2-5(8(11)7(4)10)13-6(14)3-12/h1-2H,3,12H2,(H,13,14). The van der Waals surface area contributed by atoms with E-state index in [-0.39, 0.29) is 12.5 Å². The predicted octanol–water partition coefficient (Wildman–Crippen LogP) is 2.65. The van der Waals surface area contributed by atoms with E-state index in [0.29, 0.717) is 20.2 Å². The molecule has 0 bridgehead atoms. The maximum absolute atomic E-state index is 11.0. The molecule has 0 spiro atoms. The number of hydrogen-bond donors (Lipinski definition) is 2. The number of carbonyl (C=O) groups excluding carboxylic acids is 1. The van der Waals surface area contributed by atoms with Crippen LogP contribution in [0, 0.1) is 0 Å². The van der Waals surface area contributed by atoms with Crippen LogP contribution in [0.4, 0.5) is 5.69 Å². The van der Waals surface area contributed by atoms with Gasteiger partial charge >= 0.3 is 0 Å². The lowest BCUT2D eigenvalue weighted by atomic mass is 10.3. The molecule has 0 aromatic heterocycles. The van der Waals surface area contributed by atoms with Crippen molar-refractivity contribution in [3.05, 3.63) is 26.7 Å². The molecule has 3 nitrogen and oxygen atoms in total. The Morgan fingerprint density at radius 3 is 2.64 bits per heavy atom. The molecule has 0 aliphatic carbocycles. The molecule has 0 aliphatic heterocycles. The Kier molecular flexibility index (Phi) is 4.19. The first-order valence-electron chi connectivity index (χ1n) is 3.69. The minimum Gasteiger partial charge on any atom is -0.324 e. The van der Waals surface area contributed by atoms with Crippen LogP contribution in [0.15, 0.2) is 16.6 Å². The molecule has 1 amide bonds. The van der Waals surface area contributed by atoms with Gasteiger partial charge in [-0.3, -0.25) is 4.79 Å². The SMILES string of the molecule is NCC(=O)Nc1ccc(Br)c(Cl)c1Cl. The van der Waals surface area contributed by atoms with Gasteiger partial charge in [-0.2, -0.15) is 0 Å². The Morgan fingerprint density at radius 2 is 2.07 bits per heavy atom. The lowest BCUT2D eigenvalue weighted by molar-refractivity contribution is -0.114. The molecule has 14 heavy (non-hydrogen) atoms. The highest BCUT2D eigenvalue weighted by Gasteiger charge is 2.09. The van der Waals surface area contributed by atoms with Crippen LogP contribution in [0.2, 0.25) is 10.0 Å². The number of hydrogen-bond acceptors (Lipinski definition) is 2. The van der Waals surface area contributed by atoms with Crippen molar-refractivity contribution in [2.75, 3.05) is 11.9 Å². The number of benzene rings is 1. The van der Waals surface area contributed by atoms with Gasteiger partial charge in [-0.1, -0.05) is 23.2 Å². The second kappa shape index (κ2) is 4.98. The van der Waals surface area contributed by atoms with Crippen LogP contribution in [0.5, 0.6) is 0 Å². The van der Waals surface area contributed by atoms with Gasteiger partial charge in [0.05, 0.1) is 22.3 Å². The molecule has 0 heterocycles. The number of nitrogens with one attached hydrogen (secondary N) is 1. The maximum atomic E-state index is 11.0. The highest BCUT2D eigenvalue weighted by atomic mass is 79.9. The molecule has 3 N–H and O–H groups in total. The van der Waals surface area contributed by atoms with E-state index in [1.54, 1.807) is 12.1 Å². The fourth-order valence-corrected chi connectivity index (χ4v) is 1.65. The summed E-state index contributed by atoms with van der Waals surface area (Å²) in [6.45, 7) is -0.0932. The van der Waals surface area contributed by atoms with Crippen LogP contribution in [0.1, 0.15) is 0 Å². The van der Waals surface area contributed by atoms with Crippen LogP contribution >= 0.6 is 39.1 Å². The molecule has 0 saturated carbocycles. The second-order valence-corrected chi connectivity index (χ2v) is 4.09. The zero-order valence-corrected chi connectivity index (χ0v) is 10.1. The summed E-state index contributed by atoms with van der Waals surface area (Å²) in [4.78, 5) is 11.0. The first-order chi connectivity index (χ1) is 6.56. The van der Waals surface area contributed by atoms with Gasteiger partial charge in [-0.05, 0) is 28.1 Å². The van der Waals surface area contributed by atoms with Crippen molar-refractivity contribution < 1.29 is 4.79 Å². The number of amides is 1. The number of anilines is 1. The molecule has 76 valence electrons. The number of halogens is 3. The van der Waals surface area contributed by atoms with Gasteiger partial charge in [0.1, 0.15) is 0 Å². The first-order valence-corrected chi connectivity index (χ1v) is 5.24. The van der Waals surface area contributed by atoms with Gasteiger partial charge in [0.25, 0.3) is 0 Å². The molecule has 0 aliphatic rings. The Balaban J connectivity index is 3.00. The molecule has 6 heteroatoms. The molecule has 0 saturated heterocycles. The number of nitrogens with two attached hydrogens (primary N) is 1. The highest BCUT2D eigenvalue weighted by Crippen LogP contribution is 2.35. The molecule has 0 radical (unpaired) electrons. The van der Waals surface area contributed by atoms with Crippen molar-refractivity contribution in [3.8, 4) is 0 Å². The topological polar surface area (TPSA) is 55.1 Å². The first kappa shape index (κ1) is 11.8. The zero-order chi connectivity index (χ0) is 10.7. The molecular weight excluding hydrogens is 291 g/mol. The summed E-state index contributed by atoms with van der Waals surface area (Å²) in [7, 11) is 0. The maximum Gasteiger partial charge on any atom is 0.238 e. The van der Waals surface area contributed by atoms with Gasteiger partial charge in [-0.15, -0.1) is 0 Å². The molecule has 1 aromatic carbocycles. The summed E-state index contributed by atoms with van der Waals surface area (Å²) in [6.07, 6.45) is 0. The monoisotopic (exact) mass is 296 g/mol. The molecule has 1 aromatic rings. The van der Waals surface area contributed by atoms with Crippen molar-refractivity contribution >= 4 is 50.7 Å². The van der Waals surface area contributed by atoms with Crippen LogP contribution < -0.4 is 11.1 Å². The van der Waals surface area contributed by atoms with Crippen molar-refractivity contribution in [1.29, 1.82) is 0 Å². The van der Waals surface area contributed by atoms with Crippen molar-refractivity contribution in [2.24, 2.45) is 5.73 Å². The molecule has 0 unspecified atom stereocenters. The smallest absolute Gasteiger partial charge is 0.238 e. The normalized spacial score (nSPS) is 10.0. The summed E-state index contributed by atoms with van der Waals surface area (Å²) in [5.74, 6) is -0.315. The summed E-state index contributed by atoms with van der Waals surface area (Å²) in [5, 5.41) is 3.18. The predicted molar refractivity (Wildman–Crippen MR) is 61.8 cm³/mol. The third kappa shape index (κ3) is 2.60. The lowest BCUT2D eigenvalue weighted by Crippen LogP contribution is -2.21. The van der Waals surface area contributed by atoms with Gasteiger partial charge in [-0.25, -0.2) is 0 Å². The largest absolute Gasteiger partial charge is 0.324 e. The minimum atomic E-state index is -0.315. The Bertz CT molecular complexity index is 371. The van der Waals surface area contributed by atoms with Gasteiger partial charge in [0.2, 0.25) is 5.91 Å². The van der Waals surface area contributed by atoms with Gasteiger partial charge in [0.15, 0.2) is 0 Å². The average Bonchev–Trinajstić information content (AvgIpc) is 2.19. The number of carbonyl (C=O) groups is 1. The fraction of sp³-hybridized carbons (Fsp3) is 0.125. The fourth-order valence-electron chi connectivity index (χ4n) is 0.824. The quantitative estimate of drug-likeness (QED) is 0.825. The van der Waals surface area contributed by atoms with Gasteiger partial charge in [0, 0.05) is 4.47 Å². The van der Waals surface area contributed by atoms with E-state index in [2.05, 4.69) is 21.2 Å². The molecule has 0 atom stereocenters.